The second-order valence-electron chi connectivity index (χ2n) is 7.89. The van der Waals surface area contributed by atoms with Crippen LogP contribution in [-0.2, 0) is 9.53 Å². The van der Waals surface area contributed by atoms with E-state index in [0.717, 1.165) is 19.3 Å². The molecule has 3 aromatic heterocycles. The fourth-order valence-electron chi connectivity index (χ4n) is 3.67. The van der Waals surface area contributed by atoms with Crippen molar-refractivity contribution in [2.45, 2.75) is 38.6 Å². The largest absolute Gasteiger partial charge is 0.480 e. The molecular weight excluding hydrogens is 458 g/mol. The Bertz CT molecular complexity index is 1170. The molecule has 1 aliphatic carbocycles. The molecule has 3 heterocycles. The molecule has 4 rings (SSSR count). The van der Waals surface area contributed by atoms with Crippen LogP contribution in [0, 0.1) is 6.92 Å². The van der Waals surface area contributed by atoms with E-state index in [9.17, 15) is 4.79 Å². The number of methoxy groups -OCH3 is 2. The molecule has 0 atom stereocenters. The maximum absolute atomic E-state index is 11.7. The molecule has 9 nitrogen and oxygen atoms in total. The predicted octanol–water partition coefficient (Wildman–Crippen LogP) is 4.62. The summed E-state index contributed by atoms with van der Waals surface area (Å²) in [5, 5.41) is 0.351. The van der Waals surface area contributed by atoms with E-state index in [0.29, 0.717) is 58.0 Å². The molecule has 0 N–H and O–H groups in total. The van der Waals surface area contributed by atoms with E-state index in [1.54, 1.807) is 31.6 Å². The Morgan fingerprint density at radius 1 is 1.18 bits per heavy atom. The van der Waals surface area contributed by atoms with E-state index in [1.807, 2.05) is 19.1 Å². The number of halogens is 1. The quantitative estimate of drug-likeness (QED) is 0.319. The molecule has 178 valence electrons. The lowest BCUT2D eigenvalue weighted by Gasteiger charge is -2.37. The summed E-state index contributed by atoms with van der Waals surface area (Å²) in [4.78, 5) is 31.6. The third-order valence-corrected chi connectivity index (χ3v) is 5.94. The number of hydrogen-bond donors (Lipinski definition) is 0. The summed E-state index contributed by atoms with van der Waals surface area (Å²) in [5.74, 6) is 1.85. The Balaban J connectivity index is 1.58. The third kappa shape index (κ3) is 5.36. The normalized spacial score (nSPS) is 13.2. The van der Waals surface area contributed by atoms with Crippen LogP contribution in [-0.4, -0.2) is 52.7 Å². The highest BCUT2D eigenvalue weighted by atomic mass is 35.5. The van der Waals surface area contributed by atoms with E-state index < -0.39 is 0 Å². The second kappa shape index (κ2) is 10.6. The summed E-state index contributed by atoms with van der Waals surface area (Å²) in [6, 6.07) is 7.32. The Morgan fingerprint density at radius 3 is 2.65 bits per heavy atom. The minimum Gasteiger partial charge on any atom is -0.480 e. The van der Waals surface area contributed by atoms with Crippen molar-refractivity contribution < 1.29 is 19.0 Å². The number of pyridine rings is 2. The fourth-order valence-corrected chi connectivity index (χ4v) is 3.83. The first kappa shape index (κ1) is 23.7. The predicted molar refractivity (Wildman–Crippen MR) is 127 cm³/mol. The van der Waals surface area contributed by atoms with Gasteiger partial charge in [-0.3, -0.25) is 4.79 Å². The van der Waals surface area contributed by atoms with Crippen LogP contribution in [0.3, 0.4) is 0 Å². The smallest absolute Gasteiger partial charge is 0.307 e. The Hall–Kier alpha value is -3.46. The Morgan fingerprint density at radius 2 is 2.00 bits per heavy atom. The monoisotopic (exact) mass is 483 g/mol. The highest BCUT2D eigenvalue weighted by Gasteiger charge is 2.28. The van der Waals surface area contributed by atoms with Gasteiger partial charge in [-0.05, 0) is 44.4 Å². The first-order chi connectivity index (χ1) is 16.5. The van der Waals surface area contributed by atoms with Gasteiger partial charge in [0.15, 0.2) is 0 Å². The van der Waals surface area contributed by atoms with Crippen LogP contribution in [0.5, 0.6) is 17.4 Å². The van der Waals surface area contributed by atoms with Gasteiger partial charge in [-0.15, -0.1) is 0 Å². The minimum atomic E-state index is -0.260. The number of carbonyl (C=O) groups is 1. The Kier molecular flexibility index (Phi) is 7.42. The molecule has 1 aliphatic rings. The van der Waals surface area contributed by atoms with E-state index in [1.165, 1.54) is 7.11 Å². The van der Waals surface area contributed by atoms with Crippen LogP contribution in [0.15, 0.2) is 36.7 Å². The zero-order valence-corrected chi connectivity index (χ0v) is 20.1. The highest BCUT2D eigenvalue weighted by Crippen LogP contribution is 2.34. The molecule has 3 aromatic rings. The topological polar surface area (TPSA) is 99.6 Å². The van der Waals surface area contributed by atoms with Crippen molar-refractivity contribution in [2.75, 3.05) is 25.7 Å². The van der Waals surface area contributed by atoms with Crippen molar-refractivity contribution in [3.05, 3.63) is 47.5 Å². The van der Waals surface area contributed by atoms with Gasteiger partial charge in [-0.2, -0.15) is 4.98 Å². The number of nitrogens with zero attached hydrogens (tertiary/aromatic N) is 5. The van der Waals surface area contributed by atoms with Gasteiger partial charge >= 0.3 is 5.97 Å². The van der Waals surface area contributed by atoms with E-state index in [-0.39, 0.29) is 12.4 Å². The standard InChI is InChI=1S/C24H26ClN5O4/c1-15-20(34-17-9-11-26-21(25)13-17)8-7-19(28-15)18-14-27-24(29-23(18)33-3)30(16-5-4-6-16)12-10-22(31)32-2/h7-9,11,13-14,16H,4-6,10,12H2,1-3H3. The number of ether oxygens (including phenoxy) is 3. The number of carbonyl (C=O) groups excluding carboxylic acids is 1. The van der Waals surface area contributed by atoms with Gasteiger partial charge in [0, 0.05) is 31.0 Å². The van der Waals surface area contributed by atoms with Gasteiger partial charge in [-0.25, -0.2) is 15.0 Å². The van der Waals surface area contributed by atoms with Crippen LogP contribution < -0.4 is 14.4 Å². The average Bonchev–Trinajstić information content (AvgIpc) is 2.81. The molecule has 1 saturated carbocycles. The number of hydrogen-bond acceptors (Lipinski definition) is 9. The summed E-state index contributed by atoms with van der Waals surface area (Å²) >= 11 is 5.94. The summed E-state index contributed by atoms with van der Waals surface area (Å²) in [6.07, 6.45) is 6.79. The number of rotatable bonds is 9. The van der Waals surface area contributed by atoms with Crippen LogP contribution >= 0.6 is 11.6 Å². The molecule has 0 bridgehead atoms. The molecule has 0 aliphatic heterocycles. The first-order valence-corrected chi connectivity index (χ1v) is 11.4. The van der Waals surface area contributed by atoms with Gasteiger partial charge in [0.25, 0.3) is 0 Å². The van der Waals surface area contributed by atoms with Gasteiger partial charge < -0.3 is 19.1 Å². The molecule has 0 saturated heterocycles. The van der Waals surface area contributed by atoms with Gasteiger partial charge in [0.1, 0.15) is 16.7 Å². The van der Waals surface area contributed by atoms with Gasteiger partial charge in [0.2, 0.25) is 11.8 Å². The Labute approximate surface area is 203 Å². The average molecular weight is 484 g/mol. The molecule has 0 spiro atoms. The molecule has 10 heteroatoms. The SMILES string of the molecule is COC(=O)CCN(c1ncc(-c2ccc(Oc3ccnc(Cl)c3)c(C)n2)c(OC)n1)C1CCC1. The highest BCUT2D eigenvalue weighted by molar-refractivity contribution is 6.29. The molecular formula is C24H26ClN5O4. The zero-order chi connectivity index (χ0) is 24.1. The zero-order valence-electron chi connectivity index (χ0n) is 19.3. The molecule has 0 aromatic carbocycles. The number of aryl methyl sites for hydroxylation is 1. The summed E-state index contributed by atoms with van der Waals surface area (Å²) in [6.45, 7) is 2.34. The number of aromatic nitrogens is 4. The van der Waals surface area contributed by atoms with Crippen LogP contribution in [0.4, 0.5) is 5.95 Å². The van der Waals surface area contributed by atoms with Crippen molar-refractivity contribution >= 4 is 23.5 Å². The van der Waals surface area contributed by atoms with Crippen molar-refractivity contribution in [2.24, 2.45) is 0 Å². The van der Waals surface area contributed by atoms with Gasteiger partial charge in [-0.1, -0.05) is 11.6 Å². The first-order valence-electron chi connectivity index (χ1n) is 11.0. The molecule has 0 amide bonds. The van der Waals surface area contributed by atoms with Crippen molar-refractivity contribution in [1.29, 1.82) is 0 Å². The van der Waals surface area contributed by atoms with Crippen LogP contribution in [0.25, 0.3) is 11.3 Å². The van der Waals surface area contributed by atoms with Crippen molar-refractivity contribution in [3.63, 3.8) is 0 Å². The lowest BCUT2D eigenvalue weighted by molar-refractivity contribution is -0.140. The van der Waals surface area contributed by atoms with E-state index in [2.05, 4.69) is 24.8 Å². The van der Waals surface area contributed by atoms with Crippen LogP contribution in [0.2, 0.25) is 5.15 Å². The summed E-state index contributed by atoms with van der Waals surface area (Å²) in [7, 11) is 2.96. The van der Waals surface area contributed by atoms with Crippen molar-refractivity contribution in [1.82, 2.24) is 19.9 Å². The second-order valence-corrected chi connectivity index (χ2v) is 8.28. The lowest BCUT2D eigenvalue weighted by atomic mass is 9.91. The summed E-state index contributed by atoms with van der Waals surface area (Å²) in [5.41, 5.74) is 2.01. The third-order valence-electron chi connectivity index (χ3n) is 5.73. The van der Waals surface area contributed by atoms with Crippen molar-refractivity contribution in [3.8, 4) is 28.6 Å². The van der Waals surface area contributed by atoms with E-state index >= 15 is 0 Å². The minimum absolute atomic E-state index is 0.260. The lowest BCUT2D eigenvalue weighted by Crippen LogP contribution is -2.42. The molecule has 34 heavy (non-hydrogen) atoms. The number of anilines is 1. The maximum atomic E-state index is 11.7. The molecule has 1 fully saturated rings. The maximum Gasteiger partial charge on any atom is 0.307 e. The summed E-state index contributed by atoms with van der Waals surface area (Å²) < 4.78 is 16.3. The van der Waals surface area contributed by atoms with E-state index in [4.69, 9.17) is 25.8 Å². The number of esters is 1. The fraction of sp³-hybridized carbons (Fsp3) is 0.375. The van der Waals surface area contributed by atoms with Crippen LogP contribution in [0.1, 0.15) is 31.4 Å². The molecule has 0 unspecified atom stereocenters. The molecule has 0 radical (unpaired) electrons. The van der Waals surface area contributed by atoms with Gasteiger partial charge in [0.05, 0.1) is 37.6 Å².